The summed E-state index contributed by atoms with van der Waals surface area (Å²) < 4.78 is 20.3. The molecule has 0 bridgehead atoms. The van der Waals surface area contributed by atoms with Crippen molar-refractivity contribution in [3.8, 4) is 0 Å². The van der Waals surface area contributed by atoms with Crippen molar-refractivity contribution in [1.29, 1.82) is 0 Å². The zero-order chi connectivity index (χ0) is 25.3. The van der Waals surface area contributed by atoms with Gasteiger partial charge in [0.15, 0.2) is 0 Å². The Morgan fingerprint density at radius 2 is 1.75 bits per heavy atom. The third-order valence-corrected chi connectivity index (χ3v) is 5.86. The maximum absolute atomic E-state index is 13.8. The van der Waals surface area contributed by atoms with Crippen LogP contribution >= 0.6 is 0 Å². The van der Waals surface area contributed by atoms with Gasteiger partial charge in [-0.2, -0.15) is 0 Å². The van der Waals surface area contributed by atoms with Gasteiger partial charge in [-0.1, -0.05) is 59.8 Å². The first-order chi connectivity index (χ1) is 17.6. The lowest BCUT2D eigenvalue weighted by Crippen LogP contribution is -2.46. The molecule has 1 heterocycles. The molecule has 4 rings (SSSR count). The fraction of sp³-hybridized carbons (Fsp3) is 0.259. The van der Waals surface area contributed by atoms with Crippen LogP contribution in [-0.2, 0) is 27.3 Å². The number of benzene rings is 3. The Balaban J connectivity index is 1.67. The first kappa shape index (κ1) is 25.0. The third-order valence-electron chi connectivity index (χ3n) is 5.86. The summed E-state index contributed by atoms with van der Waals surface area (Å²) in [6.45, 7) is 0.778. The zero-order valence-electron chi connectivity index (χ0n) is 20.0. The van der Waals surface area contributed by atoms with Crippen molar-refractivity contribution in [2.75, 3.05) is 26.8 Å². The predicted octanol–water partition coefficient (Wildman–Crippen LogP) is 3.15. The quantitative estimate of drug-likeness (QED) is 0.327. The van der Waals surface area contributed by atoms with E-state index in [4.69, 9.17) is 4.74 Å². The van der Waals surface area contributed by atoms with Crippen molar-refractivity contribution >= 4 is 22.8 Å². The summed E-state index contributed by atoms with van der Waals surface area (Å²) in [4.78, 5) is 28.7. The summed E-state index contributed by atoms with van der Waals surface area (Å²) in [6.07, 6.45) is 0.535. The van der Waals surface area contributed by atoms with Gasteiger partial charge in [0.05, 0.1) is 12.1 Å². The topological polar surface area (TPSA) is 89.4 Å². The monoisotopic (exact) mass is 489 g/mol. The standard InChI is InChI=1S/C27H28FN5O3/c1-36-18-16-29-27(35)26(21-11-13-22(28)14-12-21)32(17-15-20-7-3-2-4-8-20)25(34)19-33-24-10-6-5-9-23(24)30-31-33/h2-14,26H,15-19H2,1H3,(H,29,35). The number of hydrogen-bond donors (Lipinski definition) is 1. The Hall–Kier alpha value is -4.11. The fourth-order valence-corrected chi connectivity index (χ4v) is 4.04. The molecule has 0 radical (unpaired) electrons. The smallest absolute Gasteiger partial charge is 0.247 e. The molecule has 0 saturated carbocycles. The van der Waals surface area contributed by atoms with Gasteiger partial charge < -0.3 is 15.0 Å². The highest BCUT2D eigenvalue weighted by molar-refractivity contribution is 5.89. The second kappa shape index (κ2) is 12.0. The maximum Gasteiger partial charge on any atom is 0.247 e. The van der Waals surface area contributed by atoms with Crippen LogP contribution in [0.3, 0.4) is 0 Å². The highest BCUT2D eigenvalue weighted by atomic mass is 19.1. The lowest BCUT2D eigenvalue weighted by atomic mass is 10.0. The Kier molecular flexibility index (Phi) is 8.36. The van der Waals surface area contributed by atoms with Gasteiger partial charge in [-0.25, -0.2) is 9.07 Å². The summed E-state index contributed by atoms with van der Waals surface area (Å²) in [5, 5.41) is 11.1. The van der Waals surface area contributed by atoms with E-state index < -0.39 is 11.9 Å². The number of carbonyl (C=O) groups excluding carboxylic acids is 2. The lowest BCUT2D eigenvalue weighted by molar-refractivity contribution is -0.141. The van der Waals surface area contributed by atoms with Crippen LogP contribution in [0.5, 0.6) is 0 Å². The van der Waals surface area contributed by atoms with Crippen LogP contribution in [-0.4, -0.2) is 58.5 Å². The minimum absolute atomic E-state index is 0.0989. The van der Waals surface area contributed by atoms with E-state index in [2.05, 4.69) is 15.6 Å². The number of halogens is 1. The average Bonchev–Trinajstić information content (AvgIpc) is 3.30. The minimum Gasteiger partial charge on any atom is -0.383 e. The molecule has 1 unspecified atom stereocenters. The van der Waals surface area contributed by atoms with Crippen LogP contribution in [0.25, 0.3) is 11.0 Å². The molecule has 0 aliphatic carbocycles. The number of fused-ring (bicyclic) bond motifs is 1. The molecular formula is C27H28FN5O3. The molecule has 0 spiro atoms. The van der Waals surface area contributed by atoms with E-state index in [9.17, 15) is 14.0 Å². The van der Waals surface area contributed by atoms with Crippen LogP contribution in [0, 0.1) is 5.82 Å². The van der Waals surface area contributed by atoms with E-state index in [1.807, 2.05) is 54.6 Å². The zero-order valence-corrected chi connectivity index (χ0v) is 20.0. The average molecular weight is 490 g/mol. The highest BCUT2D eigenvalue weighted by Gasteiger charge is 2.31. The SMILES string of the molecule is COCCNC(=O)C(c1ccc(F)cc1)N(CCc1ccccc1)C(=O)Cn1nnc2ccccc21. The van der Waals surface area contributed by atoms with Gasteiger partial charge in [0, 0.05) is 20.2 Å². The molecule has 9 heteroatoms. The van der Waals surface area contributed by atoms with E-state index in [0.29, 0.717) is 24.1 Å². The second-order valence-electron chi connectivity index (χ2n) is 8.30. The molecule has 3 aromatic carbocycles. The molecule has 0 aliphatic rings. The summed E-state index contributed by atoms with van der Waals surface area (Å²) in [6, 6.07) is 21.8. The largest absolute Gasteiger partial charge is 0.383 e. The molecule has 2 amide bonds. The molecule has 0 fully saturated rings. The van der Waals surface area contributed by atoms with E-state index in [-0.39, 0.29) is 31.4 Å². The second-order valence-corrected chi connectivity index (χ2v) is 8.30. The van der Waals surface area contributed by atoms with Gasteiger partial charge in [0.2, 0.25) is 11.8 Å². The molecule has 1 atom stereocenters. The van der Waals surface area contributed by atoms with Crippen LogP contribution in [0.2, 0.25) is 0 Å². The lowest BCUT2D eigenvalue weighted by Gasteiger charge is -2.31. The molecule has 8 nitrogen and oxygen atoms in total. The number of nitrogens with one attached hydrogen (secondary N) is 1. The minimum atomic E-state index is -0.964. The number of rotatable bonds is 11. The van der Waals surface area contributed by atoms with Crippen molar-refractivity contribution in [1.82, 2.24) is 25.2 Å². The number of para-hydroxylation sites is 1. The molecule has 36 heavy (non-hydrogen) atoms. The van der Waals surface area contributed by atoms with Crippen molar-refractivity contribution in [2.24, 2.45) is 0 Å². The number of ether oxygens (including phenoxy) is 1. The Labute approximate surface area is 208 Å². The van der Waals surface area contributed by atoms with Gasteiger partial charge in [0.1, 0.15) is 23.9 Å². The van der Waals surface area contributed by atoms with Gasteiger partial charge >= 0.3 is 0 Å². The summed E-state index contributed by atoms with van der Waals surface area (Å²) >= 11 is 0. The molecule has 186 valence electrons. The molecule has 0 aliphatic heterocycles. The van der Waals surface area contributed by atoms with Crippen molar-refractivity contribution in [2.45, 2.75) is 19.0 Å². The number of aromatic nitrogens is 3. The van der Waals surface area contributed by atoms with E-state index in [1.54, 1.807) is 7.11 Å². The maximum atomic E-state index is 13.8. The normalized spacial score (nSPS) is 11.8. The molecule has 1 aromatic heterocycles. The van der Waals surface area contributed by atoms with E-state index in [0.717, 1.165) is 11.1 Å². The first-order valence-electron chi connectivity index (χ1n) is 11.7. The molecular weight excluding hydrogens is 461 g/mol. The number of nitrogens with zero attached hydrogens (tertiary/aromatic N) is 4. The number of amides is 2. The predicted molar refractivity (Wildman–Crippen MR) is 133 cm³/mol. The van der Waals surface area contributed by atoms with Crippen LogP contribution in [0.15, 0.2) is 78.9 Å². The van der Waals surface area contributed by atoms with Gasteiger partial charge in [-0.15, -0.1) is 5.10 Å². The third kappa shape index (κ3) is 6.11. The molecule has 4 aromatic rings. The number of carbonyl (C=O) groups is 2. The highest BCUT2D eigenvalue weighted by Crippen LogP contribution is 2.24. The van der Waals surface area contributed by atoms with Crippen LogP contribution < -0.4 is 5.32 Å². The van der Waals surface area contributed by atoms with Gasteiger partial charge in [-0.3, -0.25) is 9.59 Å². The Morgan fingerprint density at radius 1 is 1.03 bits per heavy atom. The van der Waals surface area contributed by atoms with Crippen LogP contribution in [0.1, 0.15) is 17.2 Å². The number of methoxy groups -OCH3 is 1. The Bertz CT molecular complexity index is 1290. The molecule has 1 N–H and O–H groups in total. The molecule has 0 saturated heterocycles. The van der Waals surface area contributed by atoms with Crippen molar-refractivity contribution < 1.29 is 18.7 Å². The fourth-order valence-electron chi connectivity index (χ4n) is 4.04. The first-order valence-corrected chi connectivity index (χ1v) is 11.7. The Morgan fingerprint density at radius 3 is 2.50 bits per heavy atom. The van der Waals surface area contributed by atoms with Gasteiger partial charge in [-0.05, 0) is 41.8 Å². The van der Waals surface area contributed by atoms with E-state index >= 15 is 0 Å². The summed E-state index contributed by atoms with van der Waals surface area (Å²) in [7, 11) is 1.54. The van der Waals surface area contributed by atoms with Crippen molar-refractivity contribution in [3.63, 3.8) is 0 Å². The van der Waals surface area contributed by atoms with E-state index in [1.165, 1.54) is 33.8 Å². The summed E-state index contributed by atoms with van der Waals surface area (Å²) in [5.74, 6) is -1.10. The van der Waals surface area contributed by atoms with Crippen LogP contribution in [0.4, 0.5) is 4.39 Å². The number of hydrogen-bond acceptors (Lipinski definition) is 5. The van der Waals surface area contributed by atoms with Gasteiger partial charge in [0.25, 0.3) is 0 Å². The summed E-state index contributed by atoms with van der Waals surface area (Å²) in [5.41, 5.74) is 2.93. The van der Waals surface area contributed by atoms with Crippen molar-refractivity contribution in [3.05, 3.63) is 95.8 Å².